The number of benzene rings is 1. The first-order valence-corrected chi connectivity index (χ1v) is 8.91. The normalized spacial score (nSPS) is 14.1. The number of likely N-dealkylation sites (tertiary alicyclic amines) is 1. The molecule has 0 atom stereocenters. The Hall–Kier alpha value is -3.08. The van der Waals surface area contributed by atoms with E-state index in [2.05, 4.69) is 5.32 Å². The van der Waals surface area contributed by atoms with E-state index >= 15 is 0 Å². The van der Waals surface area contributed by atoms with Gasteiger partial charge in [0.15, 0.2) is 0 Å². The van der Waals surface area contributed by atoms with E-state index in [9.17, 15) is 14.4 Å². The number of nitriles is 1. The van der Waals surface area contributed by atoms with Gasteiger partial charge in [-0.2, -0.15) is 5.26 Å². The summed E-state index contributed by atoms with van der Waals surface area (Å²) in [4.78, 5) is 37.0. The fourth-order valence-electron chi connectivity index (χ4n) is 2.82. The molecule has 0 unspecified atom stereocenters. The first-order valence-electron chi connectivity index (χ1n) is 8.91. The van der Waals surface area contributed by atoms with E-state index in [1.807, 2.05) is 6.07 Å². The molecule has 8 nitrogen and oxygen atoms in total. The lowest BCUT2D eigenvalue weighted by atomic mass is 9.96. The minimum Gasteiger partial charge on any atom is -0.434 e. The first-order chi connectivity index (χ1) is 13.0. The molecule has 1 aromatic carbocycles. The number of carbonyl (C=O) groups excluding carboxylic acids is 3. The first kappa shape index (κ1) is 20.2. The van der Waals surface area contributed by atoms with Crippen molar-refractivity contribution in [2.75, 3.05) is 26.2 Å². The number of ether oxygens (including phenoxy) is 2. The second-order valence-electron chi connectivity index (χ2n) is 6.18. The van der Waals surface area contributed by atoms with Crippen LogP contribution in [-0.2, 0) is 9.53 Å². The smallest absolute Gasteiger partial charge is 0.434 e. The third-order valence-electron chi connectivity index (χ3n) is 4.29. The molecule has 1 heterocycles. The van der Waals surface area contributed by atoms with Gasteiger partial charge in [-0.05, 0) is 49.9 Å². The highest BCUT2D eigenvalue weighted by Crippen LogP contribution is 2.20. The maximum Gasteiger partial charge on any atom is 0.513 e. The van der Waals surface area contributed by atoms with Crippen molar-refractivity contribution in [1.82, 2.24) is 10.2 Å². The summed E-state index contributed by atoms with van der Waals surface area (Å²) in [7, 11) is 0. The quantitative estimate of drug-likeness (QED) is 0.604. The van der Waals surface area contributed by atoms with Gasteiger partial charge in [0, 0.05) is 25.2 Å². The van der Waals surface area contributed by atoms with Gasteiger partial charge in [-0.3, -0.25) is 9.59 Å². The largest absolute Gasteiger partial charge is 0.513 e. The van der Waals surface area contributed by atoms with E-state index in [0.717, 1.165) is 12.8 Å². The molecule has 1 aliphatic rings. The molecule has 1 N–H and O–H groups in total. The summed E-state index contributed by atoms with van der Waals surface area (Å²) in [5.41, 5.74) is 0.520. The summed E-state index contributed by atoms with van der Waals surface area (Å²) < 4.78 is 9.67. The molecule has 2 rings (SSSR count). The van der Waals surface area contributed by atoms with Crippen LogP contribution in [0.25, 0.3) is 0 Å². The summed E-state index contributed by atoms with van der Waals surface area (Å²) in [6.45, 7) is 3.67. The highest BCUT2D eigenvalue weighted by Gasteiger charge is 2.24. The zero-order valence-electron chi connectivity index (χ0n) is 15.3. The summed E-state index contributed by atoms with van der Waals surface area (Å²) in [6, 6.07) is 8.16. The average molecular weight is 373 g/mol. The van der Waals surface area contributed by atoms with Gasteiger partial charge in [-0.25, -0.2) is 4.79 Å². The van der Waals surface area contributed by atoms with Crippen molar-refractivity contribution in [3.63, 3.8) is 0 Å². The Balaban J connectivity index is 1.80. The highest BCUT2D eigenvalue weighted by molar-refractivity contribution is 5.94. The van der Waals surface area contributed by atoms with Crippen LogP contribution in [0, 0.1) is 17.2 Å². The number of amides is 2. The number of rotatable bonds is 6. The Morgan fingerprint density at radius 3 is 2.48 bits per heavy atom. The summed E-state index contributed by atoms with van der Waals surface area (Å²) >= 11 is 0. The molecule has 1 aliphatic heterocycles. The van der Waals surface area contributed by atoms with Crippen LogP contribution < -0.4 is 10.1 Å². The van der Waals surface area contributed by atoms with Gasteiger partial charge in [0.25, 0.3) is 5.91 Å². The molecule has 2 amide bonds. The Labute approximate surface area is 158 Å². The number of piperidine rings is 1. The number of hydrogen-bond acceptors (Lipinski definition) is 6. The van der Waals surface area contributed by atoms with Gasteiger partial charge < -0.3 is 19.7 Å². The Morgan fingerprint density at radius 1 is 1.22 bits per heavy atom. The van der Waals surface area contributed by atoms with Gasteiger partial charge in [-0.15, -0.1) is 0 Å². The number of nitrogens with zero attached hydrogens (tertiary/aromatic N) is 2. The lowest BCUT2D eigenvalue weighted by molar-refractivity contribution is -0.120. The van der Waals surface area contributed by atoms with Crippen LogP contribution in [0.4, 0.5) is 4.79 Å². The van der Waals surface area contributed by atoms with Crippen LogP contribution in [0.5, 0.6) is 5.75 Å². The summed E-state index contributed by atoms with van der Waals surface area (Å²) in [5, 5.41) is 11.2. The van der Waals surface area contributed by atoms with Crippen LogP contribution in [0.3, 0.4) is 0 Å². The fourth-order valence-corrected chi connectivity index (χ4v) is 2.82. The van der Waals surface area contributed by atoms with E-state index in [0.29, 0.717) is 36.9 Å². The molecule has 27 heavy (non-hydrogen) atoms. The highest BCUT2D eigenvalue weighted by atomic mass is 16.7. The molecular formula is C19H23N3O5. The average Bonchev–Trinajstić information content (AvgIpc) is 2.67. The predicted molar refractivity (Wildman–Crippen MR) is 96.0 cm³/mol. The second kappa shape index (κ2) is 10.2. The van der Waals surface area contributed by atoms with Crippen LogP contribution in [0.1, 0.15) is 36.5 Å². The maximum atomic E-state index is 12.6. The third-order valence-corrected chi connectivity index (χ3v) is 4.29. The Morgan fingerprint density at radius 2 is 1.89 bits per heavy atom. The van der Waals surface area contributed by atoms with Crippen molar-refractivity contribution in [2.24, 2.45) is 5.92 Å². The zero-order chi connectivity index (χ0) is 19.6. The SMILES string of the molecule is CCOC(=O)Oc1ccc(C(=O)N2CCC(CNC(=O)CC#N)CC2)cc1. The molecule has 0 bridgehead atoms. The fraction of sp³-hybridized carbons (Fsp3) is 0.474. The van der Waals surface area contributed by atoms with E-state index in [1.165, 1.54) is 0 Å². The van der Waals surface area contributed by atoms with Crippen LogP contribution >= 0.6 is 0 Å². The topological polar surface area (TPSA) is 109 Å². The van der Waals surface area contributed by atoms with E-state index in [-0.39, 0.29) is 24.8 Å². The molecule has 1 fully saturated rings. The van der Waals surface area contributed by atoms with Crippen molar-refractivity contribution in [3.05, 3.63) is 29.8 Å². The van der Waals surface area contributed by atoms with E-state index < -0.39 is 6.16 Å². The Kier molecular flexibility index (Phi) is 7.62. The molecule has 0 radical (unpaired) electrons. The van der Waals surface area contributed by atoms with Gasteiger partial charge in [0.2, 0.25) is 5.91 Å². The molecule has 0 spiro atoms. The Bertz CT molecular complexity index is 703. The molecular weight excluding hydrogens is 350 g/mol. The molecule has 8 heteroatoms. The zero-order valence-corrected chi connectivity index (χ0v) is 15.3. The van der Waals surface area contributed by atoms with Crippen molar-refractivity contribution in [3.8, 4) is 11.8 Å². The minimum absolute atomic E-state index is 0.0790. The third kappa shape index (κ3) is 6.29. The van der Waals surface area contributed by atoms with Crippen LogP contribution in [0.2, 0.25) is 0 Å². The summed E-state index contributed by atoms with van der Waals surface area (Å²) in [5.74, 6) is 0.277. The van der Waals surface area contributed by atoms with Crippen molar-refractivity contribution >= 4 is 18.0 Å². The van der Waals surface area contributed by atoms with Gasteiger partial charge in [0.05, 0.1) is 12.7 Å². The lowest BCUT2D eigenvalue weighted by Crippen LogP contribution is -2.41. The molecule has 0 aliphatic carbocycles. The number of nitrogens with one attached hydrogen (secondary N) is 1. The number of carbonyl (C=O) groups is 3. The standard InChI is InChI=1S/C19H23N3O5/c1-2-26-19(25)27-16-5-3-15(4-6-16)18(24)22-11-8-14(9-12-22)13-21-17(23)7-10-20/h3-6,14H,2,7-9,11-13H2,1H3,(H,21,23). The summed E-state index contributed by atoms with van der Waals surface area (Å²) in [6.07, 6.45) is 0.680. The second-order valence-corrected chi connectivity index (χ2v) is 6.18. The molecule has 1 saturated heterocycles. The maximum absolute atomic E-state index is 12.6. The van der Waals surface area contributed by atoms with Gasteiger partial charge in [0.1, 0.15) is 12.2 Å². The lowest BCUT2D eigenvalue weighted by Gasteiger charge is -2.32. The minimum atomic E-state index is -0.777. The van der Waals surface area contributed by atoms with Gasteiger partial charge >= 0.3 is 6.16 Å². The predicted octanol–water partition coefficient (Wildman–Crippen LogP) is 2.10. The molecule has 0 saturated carbocycles. The van der Waals surface area contributed by atoms with Crippen LogP contribution in [0.15, 0.2) is 24.3 Å². The van der Waals surface area contributed by atoms with Gasteiger partial charge in [-0.1, -0.05) is 0 Å². The van der Waals surface area contributed by atoms with Crippen molar-refractivity contribution in [2.45, 2.75) is 26.2 Å². The van der Waals surface area contributed by atoms with Crippen LogP contribution in [-0.4, -0.2) is 49.1 Å². The van der Waals surface area contributed by atoms with Crippen molar-refractivity contribution in [1.29, 1.82) is 5.26 Å². The van der Waals surface area contributed by atoms with E-state index in [4.69, 9.17) is 14.7 Å². The monoisotopic (exact) mass is 373 g/mol. The molecule has 0 aromatic heterocycles. The van der Waals surface area contributed by atoms with E-state index in [1.54, 1.807) is 36.1 Å². The van der Waals surface area contributed by atoms with Crippen molar-refractivity contribution < 1.29 is 23.9 Å². The molecule has 1 aromatic rings. The molecule has 144 valence electrons. The number of hydrogen-bond donors (Lipinski definition) is 1.